The first-order valence-corrected chi connectivity index (χ1v) is 8.34. The van der Waals surface area contributed by atoms with Crippen LogP contribution in [-0.2, 0) is 12.0 Å². The molecule has 0 bridgehead atoms. The summed E-state index contributed by atoms with van der Waals surface area (Å²) < 4.78 is 5.45. The molecule has 0 saturated carbocycles. The number of ether oxygens (including phenoxy) is 1. The molecule has 0 fully saturated rings. The monoisotopic (exact) mass is 290 g/mol. The first-order chi connectivity index (χ1) is 10.2. The number of methoxy groups -OCH3 is 1. The van der Waals surface area contributed by atoms with Crippen molar-refractivity contribution in [2.24, 2.45) is 5.73 Å². The van der Waals surface area contributed by atoms with Crippen molar-refractivity contribution in [2.75, 3.05) is 26.7 Å². The second-order valence-corrected chi connectivity index (χ2v) is 6.05. The van der Waals surface area contributed by atoms with E-state index >= 15 is 0 Å². The van der Waals surface area contributed by atoms with E-state index in [4.69, 9.17) is 10.5 Å². The number of nitrogens with two attached hydrogens (primary N) is 1. The molecular weight excluding hydrogens is 260 g/mol. The zero-order valence-electron chi connectivity index (χ0n) is 13.8. The van der Waals surface area contributed by atoms with Crippen LogP contribution in [0.2, 0.25) is 0 Å². The molecular formula is C18H30N2O. The summed E-state index contributed by atoms with van der Waals surface area (Å²) in [4.78, 5) is 2.59. The fraction of sp³-hybridized carbons (Fsp3) is 0.667. The highest BCUT2D eigenvalue weighted by Gasteiger charge is 2.40. The average molecular weight is 290 g/mol. The number of nitrogens with zero attached hydrogens (tertiary/aromatic N) is 1. The Bertz CT molecular complexity index is 461. The van der Waals surface area contributed by atoms with Gasteiger partial charge in [-0.15, -0.1) is 0 Å². The van der Waals surface area contributed by atoms with E-state index in [0.29, 0.717) is 6.54 Å². The molecule has 2 N–H and O–H groups in total. The fourth-order valence-corrected chi connectivity index (χ4v) is 3.73. The standard InChI is InChI=1S/C18H30N2O/c1-4-6-12-20(5-2)18(14-19)11-7-8-15-9-10-16(21-3)13-17(15)18/h9-10,13H,4-8,11-12,14,19H2,1-3H3. The van der Waals surface area contributed by atoms with Gasteiger partial charge in [-0.05, 0) is 62.0 Å². The Kier molecular flexibility index (Phi) is 5.65. The van der Waals surface area contributed by atoms with Gasteiger partial charge < -0.3 is 10.5 Å². The molecule has 1 unspecified atom stereocenters. The normalized spacial score (nSPS) is 21.4. The summed E-state index contributed by atoms with van der Waals surface area (Å²) in [6, 6.07) is 6.52. The first kappa shape index (κ1) is 16.3. The Morgan fingerprint density at radius 3 is 2.76 bits per heavy atom. The molecule has 0 heterocycles. The average Bonchev–Trinajstić information content (AvgIpc) is 2.54. The Balaban J connectivity index is 2.44. The quantitative estimate of drug-likeness (QED) is 0.837. The highest BCUT2D eigenvalue weighted by molar-refractivity contribution is 5.42. The summed E-state index contributed by atoms with van der Waals surface area (Å²) in [6.45, 7) is 7.36. The molecule has 0 amide bonds. The van der Waals surface area contributed by atoms with Crippen LogP contribution in [0.4, 0.5) is 0 Å². The molecule has 1 aromatic rings. The highest BCUT2D eigenvalue weighted by Crippen LogP contribution is 2.41. The molecule has 118 valence electrons. The number of aryl methyl sites for hydroxylation is 1. The second-order valence-electron chi connectivity index (χ2n) is 6.05. The maximum atomic E-state index is 6.31. The van der Waals surface area contributed by atoms with Crippen molar-refractivity contribution < 1.29 is 4.74 Å². The smallest absolute Gasteiger partial charge is 0.119 e. The van der Waals surface area contributed by atoms with Gasteiger partial charge in [0, 0.05) is 6.54 Å². The minimum absolute atomic E-state index is 0.00789. The number of rotatable bonds is 7. The molecule has 1 aliphatic rings. The molecule has 0 radical (unpaired) electrons. The minimum atomic E-state index is -0.00789. The van der Waals surface area contributed by atoms with Crippen molar-refractivity contribution in [2.45, 2.75) is 51.5 Å². The molecule has 0 spiro atoms. The van der Waals surface area contributed by atoms with E-state index in [1.807, 2.05) is 0 Å². The lowest BCUT2D eigenvalue weighted by molar-refractivity contribution is 0.0777. The molecule has 1 aromatic carbocycles. The Morgan fingerprint density at radius 2 is 2.14 bits per heavy atom. The van der Waals surface area contributed by atoms with E-state index in [0.717, 1.165) is 31.7 Å². The Labute approximate surface area is 129 Å². The number of unbranched alkanes of at least 4 members (excludes halogenated alkanes) is 1. The molecule has 3 heteroatoms. The number of fused-ring (bicyclic) bond motifs is 1. The molecule has 0 aliphatic heterocycles. The third kappa shape index (κ3) is 3.09. The van der Waals surface area contributed by atoms with Crippen molar-refractivity contribution in [3.8, 4) is 5.75 Å². The molecule has 3 nitrogen and oxygen atoms in total. The van der Waals surface area contributed by atoms with E-state index in [-0.39, 0.29) is 5.54 Å². The summed E-state index contributed by atoms with van der Waals surface area (Å²) in [5.74, 6) is 0.944. The van der Waals surface area contributed by atoms with Crippen molar-refractivity contribution in [3.05, 3.63) is 29.3 Å². The predicted molar refractivity (Wildman–Crippen MR) is 88.8 cm³/mol. The fourth-order valence-electron chi connectivity index (χ4n) is 3.73. The van der Waals surface area contributed by atoms with Gasteiger partial charge in [0.25, 0.3) is 0 Å². The Hall–Kier alpha value is -1.06. The highest BCUT2D eigenvalue weighted by atomic mass is 16.5. The van der Waals surface area contributed by atoms with Crippen molar-refractivity contribution >= 4 is 0 Å². The lowest BCUT2D eigenvalue weighted by Crippen LogP contribution is -2.53. The Morgan fingerprint density at radius 1 is 1.33 bits per heavy atom. The second kappa shape index (κ2) is 7.28. The zero-order chi connectivity index (χ0) is 15.3. The predicted octanol–water partition coefficient (Wildman–Crippen LogP) is 3.31. The van der Waals surface area contributed by atoms with Crippen molar-refractivity contribution in [1.29, 1.82) is 0 Å². The van der Waals surface area contributed by atoms with E-state index in [9.17, 15) is 0 Å². The van der Waals surface area contributed by atoms with Crippen LogP contribution >= 0.6 is 0 Å². The van der Waals surface area contributed by atoms with Gasteiger partial charge in [0.1, 0.15) is 5.75 Å². The van der Waals surface area contributed by atoms with Crippen LogP contribution in [0.15, 0.2) is 18.2 Å². The maximum Gasteiger partial charge on any atom is 0.119 e. The van der Waals surface area contributed by atoms with Gasteiger partial charge in [-0.1, -0.05) is 26.3 Å². The number of hydrogen-bond acceptors (Lipinski definition) is 3. The van der Waals surface area contributed by atoms with E-state index in [1.54, 1.807) is 7.11 Å². The lowest BCUT2D eigenvalue weighted by atomic mass is 9.75. The van der Waals surface area contributed by atoms with E-state index in [2.05, 4.69) is 36.9 Å². The number of likely N-dealkylation sites (N-methyl/N-ethyl adjacent to an activating group) is 1. The molecule has 1 aliphatic carbocycles. The third-order valence-electron chi connectivity index (χ3n) is 4.96. The van der Waals surface area contributed by atoms with Gasteiger partial charge in [-0.25, -0.2) is 0 Å². The maximum absolute atomic E-state index is 6.31. The van der Waals surface area contributed by atoms with Crippen LogP contribution in [0.3, 0.4) is 0 Å². The van der Waals surface area contributed by atoms with E-state index in [1.165, 1.54) is 30.4 Å². The van der Waals surface area contributed by atoms with Gasteiger partial charge in [-0.3, -0.25) is 4.90 Å². The van der Waals surface area contributed by atoms with Crippen LogP contribution in [0.25, 0.3) is 0 Å². The largest absolute Gasteiger partial charge is 0.497 e. The number of hydrogen-bond donors (Lipinski definition) is 1. The lowest BCUT2D eigenvalue weighted by Gasteiger charge is -2.47. The summed E-state index contributed by atoms with van der Waals surface area (Å²) in [5.41, 5.74) is 9.15. The summed E-state index contributed by atoms with van der Waals surface area (Å²) >= 11 is 0. The zero-order valence-corrected chi connectivity index (χ0v) is 13.8. The van der Waals surface area contributed by atoms with E-state index < -0.39 is 0 Å². The van der Waals surface area contributed by atoms with Gasteiger partial charge in [0.05, 0.1) is 12.6 Å². The molecule has 0 aromatic heterocycles. The summed E-state index contributed by atoms with van der Waals surface area (Å²) in [5, 5.41) is 0. The van der Waals surface area contributed by atoms with Gasteiger partial charge in [-0.2, -0.15) is 0 Å². The SMILES string of the molecule is CCCCN(CC)C1(CN)CCCc2ccc(OC)cc21. The summed E-state index contributed by atoms with van der Waals surface area (Å²) in [6.07, 6.45) is 5.99. The molecule has 0 saturated heterocycles. The van der Waals surface area contributed by atoms with Gasteiger partial charge in [0.15, 0.2) is 0 Å². The number of benzene rings is 1. The van der Waals surface area contributed by atoms with Gasteiger partial charge >= 0.3 is 0 Å². The van der Waals surface area contributed by atoms with Crippen LogP contribution in [-0.4, -0.2) is 31.6 Å². The van der Waals surface area contributed by atoms with Crippen LogP contribution < -0.4 is 10.5 Å². The van der Waals surface area contributed by atoms with Crippen LogP contribution in [0.5, 0.6) is 5.75 Å². The van der Waals surface area contributed by atoms with Crippen molar-refractivity contribution in [1.82, 2.24) is 4.90 Å². The van der Waals surface area contributed by atoms with Crippen molar-refractivity contribution in [3.63, 3.8) is 0 Å². The topological polar surface area (TPSA) is 38.5 Å². The molecule has 2 rings (SSSR count). The minimum Gasteiger partial charge on any atom is -0.497 e. The third-order valence-corrected chi connectivity index (χ3v) is 4.96. The van der Waals surface area contributed by atoms with Crippen LogP contribution in [0.1, 0.15) is 50.7 Å². The van der Waals surface area contributed by atoms with Gasteiger partial charge in [0.2, 0.25) is 0 Å². The molecule has 1 atom stereocenters. The summed E-state index contributed by atoms with van der Waals surface area (Å²) in [7, 11) is 1.74. The molecule has 21 heavy (non-hydrogen) atoms. The van der Waals surface area contributed by atoms with Crippen LogP contribution in [0, 0.1) is 0 Å². The first-order valence-electron chi connectivity index (χ1n) is 8.34.